The van der Waals surface area contributed by atoms with E-state index in [-0.39, 0.29) is 6.61 Å². The Labute approximate surface area is 76.5 Å². The Hall–Kier alpha value is -1.52. The summed E-state index contributed by atoms with van der Waals surface area (Å²) in [4.78, 5) is 21.1. The molecule has 0 aliphatic carbocycles. The number of hydrogen-bond donors (Lipinski definition) is 1. The van der Waals surface area contributed by atoms with Crippen molar-refractivity contribution < 1.29 is 19.1 Å². The lowest BCUT2D eigenvalue weighted by Gasteiger charge is -2.12. The predicted molar refractivity (Wildman–Crippen MR) is 45.9 cm³/mol. The van der Waals surface area contributed by atoms with Gasteiger partial charge in [0, 0.05) is 5.57 Å². The number of amides is 1. The second kappa shape index (κ2) is 5.18. The standard InChI is InChI=1S/C8H13NO4/c1-5(2)7(10)13-6(3)4-12-8(9)11/h6H,1,4H2,2-3H3,(H2,9,11). The maximum atomic E-state index is 10.9. The first kappa shape index (κ1) is 11.5. The molecule has 1 unspecified atom stereocenters. The summed E-state index contributed by atoms with van der Waals surface area (Å²) >= 11 is 0. The minimum Gasteiger partial charge on any atom is -0.456 e. The molecule has 0 aromatic carbocycles. The molecule has 0 aromatic rings. The van der Waals surface area contributed by atoms with Crippen molar-refractivity contribution in [3.63, 3.8) is 0 Å². The third-order valence-corrected chi connectivity index (χ3v) is 1.12. The Morgan fingerprint density at radius 3 is 2.46 bits per heavy atom. The van der Waals surface area contributed by atoms with Crippen LogP contribution in [0, 0.1) is 0 Å². The Morgan fingerprint density at radius 1 is 1.54 bits per heavy atom. The van der Waals surface area contributed by atoms with Crippen LogP contribution in [0.25, 0.3) is 0 Å². The zero-order valence-electron chi connectivity index (χ0n) is 7.70. The molecule has 0 spiro atoms. The molecule has 0 saturated carbocycles. The molecule has 0 bridgehead atoms. The molecule has 1 atom stereocenters. The van der Waals surface area contributed by atoms with Crippen molar-refractivity contribution in [3.05, 3.63) is 12.2 Å². The number of rotatable bonds is 4. The number of hydrogen-bond acceptors (Lipinski definition) is 4. The summed E-state index contributed by atoms with van der Waals surface area (Å²) in [5.74, 6) is -0.513. The second-order valence-corrected chi connectivity index (χ2v) is 2.63. The maximum absolute atomic E-state index is 10.9. The van der Waals surface area contributed by atoms with E-state index in [9.17, 15) is 9.59 Å². The molecule has 0 aliphatic heterocycles. The van der Waals surface area contributed by atoms with Gasteiger partial charge >= 0.3 is 12.1 Å². The smallest absolute Gasteiger partial charge is 0.404 e. The SMILES string of the molecule is C=C(C)C(=O)OC(C)COC(N)=O. The van der Waals surface area contributed by atoms with Crippen LogP contribution in [0.15, 0.2) is 12.2 Å². The Bertz CT molecular complexity index is 224. The molecule has 5 heteroatoms. The fourth-order valence-electron chi connectivity index (χ4n) is 0.517. The van der Waals surface area contributed by atoms with Crippen molar-refractivity contribution in [1.82, 2.24) is 0 Å². The first-order chi connectivity index (χ1) is 5.93. The molecule has 0 heterocycles. The summed E-state index contributed by atoms with van der Waals surface area (Å²) in [7, 11) is 0. The normalized spacial score (nSPS) is 11.5. The van der Waals surface area contributed by atoms with Crippen LogP contribution < -0.4 is 5.73 Å². The van der Waals surface area contributed by atoms with E-state index in [1.54, 1.807) is 6.92 Å². The molecular formula is C8H13NO4. The van der Waals surface area contributed by atoms with E-state index in [1.165, 1.54) is 6.92 Å². The highest BCUT2D eigenvalue weighted by Crippen LogP contribution is 1.98. The van der Waals surface area contributed by atoms with Crippen LogP contribution in [0.1, 0.15) is 13.8 Å². The first-order valence-electron chi connectivity index (χ1n) is 3.72. The Balaban J connectivity index is 3.74. The van der Waals surface area contributed by atoms with Gasteiger partial charge in [0.25, 0.3) is 0 Å². The van der Waals surface area contributed by atoms with Crippen LogP contribution in [-0.2, 0) is 14.3 Å². The molecule has 0 radical (unpaired) electrons. The molecule has 0 aromatic heterocycles. The Morgan fingerprint density at radius 2 is 2.08 bits per heavy atom. The average molecular weight is 187 g/mol. The summed E-state index contributed by atoms with van der Waals surface area (Å²) < 4.78 is 9.21. The van der Waals surface area contributed by atoms with Gasteiger partial charge in [0.1, 0.15) is 12.7 Å². The summed E-state index contributed by atoms with van der Waals surface area (Å²) in [5.41, 5.74) is 5.01. The lowest BCUT2D eigenvalue weighted by molar-refractivity contribution is -0.145. The first-order valence-corrected chi connectivity index (χ1v) is 3.72. The van der Waals surface area contributed by atoms with E-state index in [4.69, 9.17) is 10.5 Å². The van der Waals surface area contributed by atoms with Crippen LogP contribution in [0.3, 0.4) is 0 Å². The fraction of sp³-hybridized carbons (Fsp3) is 0.500. The van der Waals surface area contributed by atoms with Gasteiger partial charge in [-0.3, -0.25) is 0 Å². The third kappa shape index (κ3) is 5.72. The number of nitrogens with two attached hydrogens (primary N) is 1. The van der Waals surface area contributed by atoms with Crippen LogP contribution >= 0.6 is 0 Å². The van der Waals surface area contributed by atoms with E-state index in [0.717, 1.165) is 0 Å². The highest BCUT2D eigenvalue weighted by molar-refractivity contribution is 5.87. The Kier molecular flexibility index (Phi) is 4.58. The number of carbonyl (C=O) groups is 2. The van der Waals surface area contributed by atoms with Crippen LogP contribution in [-0.4, -0.2) is 24.8 Å². The molecule has 0 rings (SSSR count). The van der Waals surface area contributed by atoms with Gasteiger partial charge < -0.3 is 15.2 Å². The van der Waals surface area contributed by atoms with E-state index >= 15 is 0 Å². The predicted octanol–water partition coefficient (Wildman–Crippen LogP) is 0.590. The summed E-state index contributed by atoms with van der Waals surface area (Å²) in [6, 6.07) is 0. The molecule has 74 valence electrons. The van der Waals surface area contributed by atoms with Gasteiger partial charge in [0.05, 0.1) is 0 Å². The summed E-state index contributed by atoms with van der Waals surface area (Å²) in [6.45, 7) is 6.47. The van der Waals surface area contributed by atoms with Gasteiger partial charge in [-0.25, -0.2) is 9.59 Å². The molecule has 0 saturated heterocycles. The van der Waals surface area contributed by atoms with Crippen LogP contribution in [0.5, 0.6) is 0 Å². The minimum atomic E-state index is -0.891. The largest absolute Gasteiger partial charge is 0.456 e. The van der Waals surface area contributed by atoms with Gasteiger partial charge in [-0.15, -0.1) is 0 Å². The number of primary amides is 1. The fourth-order valence-corrected chi connectivity index (χ4v) is 0.517. The maximum Gasteiger partial charge on any atom is 0.404 e. The van der Waals surface area contributed by atoms with Gasteiger partial charge in [-0.1, -0.05) is 6.58 Å². The number of carbonyl (C=O) groups excluding carboxylic acids is 2. The average Bonchev–Trinajstić information content (AvgIpc) is 2.00. The molecule has 0 aliphatic rings. The number of ether oxygens (including phenoxy) is 2. The second-order valence-electron chi connectivity index (χ2n) is 2.63. The van der Waals surface area contributed by atoms with Gasteiger partial charge in [0.15, 0.2) is 0 Å². The summed E-state index contributed by atoms with van der Waals surface area (Å²) in [5, 5.41) is 0. The molecule has 13 heavy (non-hydrogen) atoms. The zero-order valence-corrected chi connectivity index (χ0v) is 7.70. The van der Waals surface area contributed by atoms with Crippen molar-refractivity contribution in [1.29, 1.82) is 0 Å². The van der Waals surface area contributed by atoms with Crippen molar-refractivity contribution in [2.45, 2.75) is 20.0 Å². The van der Waals surface area contributed by atoms with Crippen molar-refractivity contribution in [3.8, 4) is 0 Å². The van der Waals surface area contributed by atoms with E-state index < -0.39 is 18.2 Å². The number of esters is 1. The van der Waals surface area contributed by atoms with E-state index in [2.05, 4.69) is 11.3 Å². The highest BCUT2D eigenvalue weighted by Gasteiger charge is 2.10. The van der Waals surface area contributed by atoms with Crippen LogP contribution in [0.4, 0.5) is 4.79 Å². The zero-order chi connectivity index (χ0) is 10.4. The van der Waals surface area contributed by atoms with Crippen LogP contribution in [0.2, 0.25) is 0 Å². The van der Waals surface area contributed by atoms with Gasteiger partial charge in [-0.05, 0) is 13.8 Å². The van der Waals surface area contributed by atoms with E-state index in [0.29, 0.717) is 5.57 Å². The van der Waals surface area contributed by atoms with Crippen molar-refractivity contribution in [2.24, 2.45) is 5.73 Å². The van der Waals surface area contributed by atoms with E-state index in [1.807, 2.05) is 0 Å². The monoisotopic (exact) mass is 187 g/mol. The lowest BCUT2D eigenvalue weighted by atomic mass is 10.3. The topological polar surface area (TPSA) is 78.6 Å². The highest BCUT2D eigenvalue weighted by atomic mass is 16.6. The summed E-state index contributed by atoms with van der Waals surface area (Å²) in [6.07, 6.45) is -1.41. The quantitative estimate of drug-likeness (QED) is 0.516. The van der Waals surface area contributed by atoms with Gasteiger partial charge in [0.2, 0.25) is 0 Å². The molecule has 2 N–H and O–H groups in total. The molecule has 0 fully saturated rings. The van der Waals surface area contributed by atoms with Crippen molar-refractivity contribution in [2.75, 3.05) is 6.61 Å². The third-order valence-electron chi connectivity index (χ3n) is 1.12. The minimum absolute atomic E-state index is 0.0473. The van der Waals surface area contributed by atoms with Gasteiger partial charge in [-0.2, -0.15) is 0 Å². The molecule has 1 amide bonds. The lowest BCUT2D eigenvalue weighted by Crippen LogP contribution is -2.24. The van der Waals surface area contributed by atoms with Crippen molar-refractivity contribution >= 4 is 12.1 Å². The molecular weight excluding hydrogens is 174 g/mol. The molecule has 5 nitrogen and oxygen atoms in total.